The summed E-state index contributed by atoms with van der Waals surface area (Å²) < 4.78 is 0. The molecule has 0 amide bonds. The maximum atomic E-state index is 5.87. The molecule has 2 heteroatoms. The van der Waals surface area contributed by atoms with Gasteiger partial charge in [0, 0.05) is 24.3 Å². The summed E-state index contributed by atoms with van der Waals surface area (Å²) in [7, 11) is 0. The lowest BCUT2D eigenvalue weighted by Crippen LogP contribution is -2.34. The van der Waals surface area contributed by atoms with Gasteiger partial charge in [0.1, 0.15) is 0 Å². The van der Waals surface area contributed by atoms with Crippen LogP contribution in [0.3, 0.4) is 0 Å². The Kier molecular flexibility index (Phi) is 5.01. The third-order valence-electron chi connectivity index (χ3n) is 2.94. The quantitative estimate of drug-likeness (QED) is 0.844. The van der Waals surface area contributed by atoms with Gasteiger partial charge < -0.3 is 10.6 Å². The van der Waals surface area contributed by atoms with E-state index in [-0.39, 0.29) is 6.04 Å². The van der Waals surface area contributed by atoms with Crippen LogP contribution in [0.1, 0.15) is 46.2 Å². The monoisotopic (exact) mass is 234 g/mol. The summed E-state index contributed by atoms with van der Waals surface area (Å²) in [4.78, 5) is 2.44. The topological polar surface area (TPSA) is 29.3 Å². The van der Waals surface area contributed by atoms with Gasteiger partial charge >= 0.3 is 0 Å². The van der Waals surface area contributed by atoms with Crippen LogP contribution in [0, 0.1) is 5.92 Å². The van der Waals surface area contributed by atoms with Crippen molar-refractivity contribution in [2.24, 2.45) is 11.7 Å². The Bertz CT molecular complexity index is 325. The third-order valence-corrected chi connectivity index (χ3v) is 2.94. The summed E-state index contributed by atoms with van der Waals surface area (Å²) in [5, 5.41) is 0. The van der Waals surface area contributed by atoms with Gasteiger partial charge in [-0.25, -0.2) is 0 Å². The van der Waals surface area contributed by atoms with E-state index >= 15 is 0 Å². The normalized spacial score (nSPS) is 13.2. The molecule has 0 bridgehead atoms. The van der Waals surface area contributed by atoms with Crippen molar-refractivity contribution in [1.82, 2.24) is 0 Å². The Labute approximate surface area is 106 Å². The molecule has 96 valence electrons. The fourth-order valence-corrected chi connectivity index (χ4v) is 1.98. The van der Waals surface area contributed by atoms with Gasteiger partial charge in [-0.2, -0.15) is 0 Å². The minimum absolute atomic E-state index is 0.113. The van der Waals surface area contributed by atoms with Gasteiger partial charge in [-0.3, -0.25) is 0 Å². The molecule has 0 saturated carbocycles. The van der Waals surface area contributed by atoms with Crippen molar-refractivity contribution in [3.63, 3.8) is 0 Å². The van der Waals surface area contributed by atoms with Crippen LogP contribution in [0.5, 0.6) is 0 Å². The molecule has 0 radical (unpaired) electrons. The zero-order valence-electron chi connectivity index (χ0n) is 11.8. The molecule has 0 aromatic heterocycles. The van der Waals surface area contributed by atoms with Crippen molar-refractivity contribution in [3.05, 3.63) is 29.8 Å². The zero-order valence-corrected chi connectivity index (χ0v) is 11.8. The lowest BCUT2D eigenvalue weighted by molar-refractivity contribution is 0.571. The van der Waals surface area contributed by atoms with Crippen molar-refractivity contribution >= 4 is 5.69 Å². The molecule has 1 aromatic carbocycles. The first-order valence-electron chi connectivity index (χ1n) is 6.54. The highest BCUT2D eigenvalue weighted by molar-refractivity contribution is 5.48. The molecule has 1 atom stereocenters. The molecule has 2 nitrogen and oxygen atoms in total. The number of rotatable bonds is 5. The number of hydrogen-bond acceptors (Lipinski definition) is 2. The van der Waals surface area contributed by atoms with E-state index < -0.39 is 0 Å². The molecular formula is C15H26N2. The number of hydrogen-bond donors (Lipinski definition) is 1. The highest BCUT2D eigenvalue weighted by atomic mass is 15.1. The van der Waals surface area contributed by atoms with E-state index in [1.54, 1.807) is 0 Å². The Morgan fingerprint density at radius 3 is 1.88 bits per heavy atom. The highest BCUT2D eigenvalue weighted by Crippen LogP contribution is 2.21. The molecule has 0 unspecified atom stereocenters. The van der Waals surface area contributed by atoms with E-state index in [1.807, 2.05) is 6.92 Å². The number of benzene rings is 1. The fourth-order valence-electron chi connectivity index (χ4n) is 1.98. The average molecular weight is 234 g/mol. The Morgan fingerprint density at radius 2 is 1.53 bits per heavy atom. The molecular weight excluding hydrogens is 208 g/mol. The second-order valence-corrected chi connectivity index (χ2v) is 5.52. The first-order chi connectivity index (χ1) is 7.91. The molecule has 17 heavy (non-hydrogen) atoms. The Hall–Kier alpha value is -1.02. The number of anilines is 1. The van der Waals surface area contributed by atoms with Crippen molar-refractivity contribution in [2.45, 2.75) is 46.7 Å². The zero-order chi connectivity index (χ0) is 13.0. The maximum absolute atomic E-state index is 5.87. The Morgan fingerprint density at radius 1 is 1.00 bits per heavy atom. The molecule has 0 saturated heterocycles. The van der Waals surface area contributed by atoms with Gasteiger partial charge in [0.05, 0.1) is 0 Å². The van der Waals surface area contributed by atoms with Crippen molar-refractivity contribution in [3.8, 4) is 0 Å². The first-order valence-corrected chi connectivity index (χ1v) is 6.54. The smallest absolute Gasteiger partial charge is 0.0368 e. The number of nitrogens with two attached hydrogens (primary N) is 1. The van der Waals surface area contributed by atoms with Crippen LogP contribution in [0.2, 0.25) is 0 Å². The average Bonchev–Trinajstić information content (AvgIpc) is 2.25. The van der Waals surface area contributed by atoms with E-state index in [0.717, 1.165) is 6.54 Å². The van der Waals surface area contributed by atoms with E-state index in [0.29, 0.717) is 12.0 Å². The summed E-state index contributed by atoms with van der Waals surface area (Å²) in [6, 6.07) is 9.27. The summed E-state index contributed by atoms with van der Waals surface area (Å²) >= 11 is 0. The van der Waals surface area contributed by atoms with Crippen LogP contribution >= 0.6 is 0 Å². The maximum Gasteiger partial charge on any atom is 0.0368 e. The molecule has 0 spiro atoms. The SMILES string of the molecule is CC(C)CN(c1ccc([C@@H](C)N)cc1)C(C)C. The lowest BCUT2D eigenvalue weighted by atomic mass is 10.1. The molecule has 0 heterocycles. The van der Waals surface area contributed by atoms with Crippen LogP contribution in [-0.4, -0.2) is 12.6 Å². The fraction of sp³-hybridized carbons (Fsp3) is 0.600. The Balaban J connectivity index is 2.87. The van der Waals surface area contributed by atoms with Gasteiger partial charge in [-0.1, -0.05) is 26.0 Å². The summed E-state index contributed by atoms with van der Waals surface area (Å²) in [6.07, 6.45) is 0. The molecule has 0 aliphatic heterocycles. The second-order valence-electron chi connectivity index (χ2n) is 5.52. The van der Waals surface area contributed by atoms with Crippen molar-refractivity contribution in [2.75, 3.05) is 11.4 Å². The molecule has 0 aliphatic carbocycles. The first kappa shape index (κ1) is 14.0. The molecule has 0 fully saturated rings. The number of nitrogens with zero attached hydrogens (tertiary/aromatic N) is 1. The van der Waals surface area contributed by atoms with Crippen LogP contribution in [0.15, 0.2) is 24.3 Å². The molecule has 0 aliphatic rings. The van der Waals surface area contributed by atoms with Gasteiger partial charge in [0.15, 0.2) is 0 Å². The summed E-state index contributed by atoms with van der Waals surface area (Å²) in [5.74, 6) is 0.672. The van der Waals surface area contributed by atoms with Crippen LogP contribution in [0.4, 0.5) is 5.69 Å². The molecule has 1 aromatic rings. The van der Waals surface area contributed by atoms with Crippen LogP contribution < -0.4 is 10.6 Å². The minimum Gasteiger partial charge on any atom is -0.369 e. The summed E-state index contributed by atoms with van der Waals surface area (Å²) in [6.45, 7) is 12.1. The van der Waals surface area contributed by atoms with Gasteiger partial charge in [0.25, 0.3) is 0 Å². The third kappa shape index (κ3) is 4.04. The predicted octanol–water partition coefficient (Wildman–Crippen LogP) is 3.58. The van der Waals surface area contributed by atoms with E-state index in [1.165, 1.54) is 11.3 Å². The minimum atomic E-state index is 0.113. The van der Waals surface area contributed by atoms with Gasteiger partial charge in [-0.05, 0) is 44.4 Å². The van der Waals surface area contributed by atoms with Gasteiger partial charge in [-0.15, -0.1) is 0 Å². The molecule has 2 N–H and O–H groups in total. The molecule has 1 rings (SSSR count). The second kappa shape index (κ2) is 6.06. The van der Waals surface area contributed by atoms with Crippen molar-refractivity contribution < 1.29 is 0 Å². The van der Waals surface area contributed by atoms with Crippen molar-refractivity contribution in [1.29, 1.82) is 0 Å². The van der Waals surface area contributed by atoms with Crippen LogP contribution in [-0.2, 0) is 0 Å². The van der Waals surface area contributed by atoms with E-state index in [4.69, 9.17) is 5.73 Å². The summed E-state index contributed by atoms with van der Waals surface area (Å²) in [5.41, 5.74) is 8.35. The van der Waals surface area contributed by atoms with Crippen LogP contribution in [0.25, 0.3) is 0 Å². The standard InChI is InChI=1S/C15H26N2/c1-11(2)10-17(12(3)4)15-8-6-14(7-9-15)13(5)16/h6-9,11-13H,10,16H2,1-5H3/t13-/m1/s1. The van der Waals surface area contributed by atoms with Gasteiger partial charge in [0.2, 0.25) is 0 Å². The van der Waals surface area contributed by atoms with E-state index in [2.05, 4.69) is 56.9 Å². The van der Waals surface area contributed by atoms with E-state index in [9.17, 15) is 0 Å². The highest BCUT2D eigenvalue weighted by Gasteiger charge is 2.12. The predicted molar refractivity (Wildman–Crippen MR) is 76.4 cm³/mol. The largest absolute Gasteiger partial charge is 0.369 e. The lowest BCUT2D eigenvalue weighted by Gasteiger charge is -2.31.